The maximum atomic E-state index is 12.1. The summed E-state index contributed by atoms with van der Waals surface area (Å²) in [7, 11) is 1.65. The molecule has 0 saturated carbocycles. The molecule has 5 heteroatoms. The van der Waals surface area contributed by atoms with E-state index in [9.17, 15) is 4.79 Å². The van der Waals surface area contributed by atoms with Crippen molar-refractivity contribution in [1.82, 2.24) is 10.2 Å². The Hall–Kier alpha value is -1.59. The van der Waals surface area contributed by atoms with E-state index < -0.39 is 0 Å². The Balaban J connectivity index is 1.73. The summed E-state index contributed by atoms with van der Waals surface area (Å²) in [5, 5.41) is 3.07. The molecule has 0 spiro atoms. The fourth-order valence-electron chi connectivity index (χ4n) is 2.73. The summed E-state index contributed by atoms with van der Waals surface area (Å²) < 4.78 is 10.5. The van der Waals surface area contributed by atoms with Gasteiger partial charge < -0.3 is 14.8 Å². The van der Waals surface area contributed by atoms with Gasteiger partial charge in [-0.15, -0.1) is 0 Å². The highest BCUT2D eigenvalue weighted by molar-refractivity contribution is 5.76. The number of ether oxygens (including phenoxy) is 2. The number of carbonyl (C=O) groups excluding carboxylic acids is 1. The first-order valence-corrected chi connectivity index (χ1v) is 8.24. The fraction of sp³-hybridized carbons (Fsp3) is 0.611. The van der Waals surface area contributed by atoms with Crippen molar-refractivity contribution in [2.75, 3.05) is 40.0 Å². The van der Waals surface area contributed by atoms with Crippen molar-refractivity contribution in [3.05, 3.63) is 29.8 Å². The van der Waals surface area contributed by atoms with Crippen LogP contribution in [0, 0.1) is 0 Å². The van der Waals surface area contributed by atoms with Crippen LogP contribution in [0.4, 0.5) is 0 Å². The second kappa shape index (κ2) is 8.31. The maximum Gasteiger partial charge on any atom is 0.220 e. The molecule has 0 aromatic heterocycles. The monoisotopic (exact) mass is 320 g/mol. The van der Waals surface area contributed by atoms with Crippen molar-refractivity contribution in [3.8, 4) is 5.75 Å². The number of methoxy groups -OCH3 is 1. The first kappa shape index (κ1) is 17.8. The molecule has 1 aliphatic heterocycles. The molecule has 1 aliphatic rings. The molecule has 0 bridgehead atoms. The number of benzene rings is 1. The molecule has 23 heavy (non-hydrogen) atoms. The number of carbonyl (C=O) groups is 1. The number of hydrogen-bond acceptors (Lipinski definition) is 4. The maximum absolute atomic E-state index is 12.1. The molecule has 0 atom stereocenters. The van der Waals surface area contributed by atoms with E-state index >= 15 is 0 Å². The molecule has 1 amide bonds. The minimum Gasteiger partial charge on any atom is -0.497 e. The van der Waals surface area contributed by atoms with Crippen LogP contribution in [0.1, 0.15) is 25.8 Å². The number of nitrogens with one attached hydrogen (secondary N) is 1. The van der Waals surface area contributed by atoms with Gasteiger partial charge >= 0.3 is 0 Å². The molecule has 1 fully saturated rings. The number of aryl methyl sites for hydroxylation is 1. The minimum atomic E-state index is -0.0421. The molecule has 1 saturated heterocycles. The molecule has 128 valence electrons. The lowest BCUT2D eigenvalue weighted by atomic mass is 10.0. The quantitative estimate of drug-likeness (QED) is 0.833. The van der Waals surface area contributed by atoms with Crippen LogP contribution >= 0.6 is 0 Å². The topological polar surface area (TPSA) is 50.8 Å². The third-order valence-corrected chi connectivity index (χ3v) is 4.39. The first-order chi connectivity index (χ1) is 11.0. The standard InChI is InChI=1S/C18H28N2O3/c1-18(2,20-10-12-23-13-11-20)14-19-17(21)9-6-15-4-7-16(22-3)8-5-15/h4-5,7-8H,6,9-14H2,1-3H3,(H,19,21). The molecule has 1 heterocycles. The summed E-state index contributed by atoms with van der Waals surface area (Å²) in [5.74, 6) is 0.938. The van der Waals surface area contributed by atoms with Crippen molar-refractivity contribution in [3.63, 3.8) is 0 Å². The van der Waals surface area contributed by atoms with Crippen molar-refractivity contribution in [2.24, 2.45) is 0 Å². The van der Waals surface area contributed by atoms with Gasteiger partial charge in [0.05, 0.1) is 20.3 Å². The molecule has 0 aliphatic carbocycles. The Bertz CT molecular complexity index is 493. The average molecular weight is 320 g/mol. The molecule has 0 unspecified atom stereocenters. The molecular formula is C18H28N2O3. The molecule has 2 rings (SSSR count). The Morgan fingerprint density at radius 2 is 1.91 bits per heavy atom. The summed E-state index contributed by atoms with van der Waals surface area (Å²) in [4.78, 5) is 14.5. The Morgan fingerprint density at radius 3 is 2.52 bits per heavy atom. The Labute approximate surface area is 139 Å². The van der Waals surface area contributed by atoms with Gasteiger partial charge in [-0.2, -0.15) is 0 Å². The van der Waals surface area contributed by atoms with Crippen LogP contribution in [0.2, 0.25) is 0 Å². The van der Waals surface area contributed by atoms with Crippen LogP contribution in [0.5, 0.6) is 5.75 Å². The van der Waals surface area contributed by atoms with E-state index in [4.69, 9.17) is 9.47 Å². The van der Waals surface area contributed by atoms with E-state index in [-0.39, 0.29) is 11.4 Å². The van der Waals surface area contributed by atoms with Gasteiger partial charge in [0.25, 0.3) is 0 Å². The predicted molar refractivity (Wildman–Crippen MR) is 90.8 cm³/mol. The van der Waals surface area contributed by atoms with Gasteiger partial charge in [0.1, 0.15) is 5.75 Å². The molecule has 0 radical (unpaired) electrons. The molecular weight excluding hydrogens is 292 g/mol. The van der Waals surface area contributed by atoms with Gasteiger partial charge in [0.2, 0.25) is 5.91 Å². The molecule has 1 aromatic carbocycles. The van der Waals surface area contributed by atoms with Gasteiger partial charge in [0, 0.05) is 31.6 Å². The zero-order valence-electron chi connectivity index (χ0n) is 14.4. The van der Waals surface area contributed by atoms with E-state index in [2.05, 4.69) is 24.1 Å². The number of morpholine rings is 1. The van der Waals surface area contributed by atoms with Gasteiger partial charge in [-0.1, -0.05) is 12.1 Å². The Morgan fingerprint density at radius 1 is 1.26 bits per heavy atom. The van der Waals surface area contributed by atoms with Gasteiger partial charge in [0.15, 0.2) is 0 Å². The lowest BCUT2D eigenvalue weighted by molar-refractivity contribution is -0.121. The van der Waals surface area contributed by atoms with E-state index in [0.29, 0.717) is 13.0 Å². The summed E-state index contributed by atoms with van der Waals surface area (Å²) >= 11 is 0. The number of hydrogen-bond donors (Lipinski definition) is 1. The highest BCUT2D eigenvalue weighted by atomic mass is 16.5. The van der Waals surface area contributed by atoms with Crippen molar-refractivity contribution < 1.29 is 14.3 Å². The zero-order chi connectivity index (χ0) is 16.7. The lowest BCUT2D eigenvalue weighted by Gasteiger charge is -2.40. The van der Waals surface area contributed by atoms with Crippen LogP contribution in [-0.2, 0) is 16.0 Å². The third kappa shape index (κ3) is 5.52. The van der Waals surface area contributed by atoms with Crippen LogP contribution in [0.3, 0.4) is 0 Å². The molecule has 1 N–H and O–H groups in total. The van der Waals surface area contributed by atoms with Crippen LogP contribution in [0.15, 0.2) is 24.3 Å². The lowest BCUT2D eigenvalue weighted by Crippen LogP contribution is -2.55. The first-order valence-electron chi connectivity index (χ1n) is 8.24. The van der Waals surface area contributed by atoms with Crippen molar-refractivity contribution in [1.29, 1.82) is 0 Å². The van der Waals surface area contributed by atoms with Crippen LogP contribution in [0.25, 0.3) is 0 Å². The van der Waals surface area contributed by atoms with Gasteiger partial charge in [-0.05, 0) is 38.0 Å². The second-order valence-electron chi connectivity index (χ2n) is 6.54. The Kier molecular flexibility index (Phi) is 6.42. The van der Waals surface area contributed by atoms with Crippen LogP contribution in [-0.4, -0.2) is 56.3 Å². The average Bonchev–Trinajstić information content (AvgIpc) is 2.59. The molecule has 1 aromatic rings. The van der Waals surface area contributed by atoms with E-state index in [1.54, 1.807) is 7.11 Å². The van der Waals surface area contributed by atoms with Gasteiger partial charge in [-0.3, -0.25) is 9.69 Å². The number of amides is 1. The summed E-state index contributed by atoms with van der Waals surface area (Å²) in [6, 6.07) is 7.86. The van der Waals surface area contributed by atoms with Crippen LogP contribution < -0.4 is 10.1 Å². The normalized spacial score (nSPS) is 16.1. The van der Waals surface area contributed by atoms with E-state index in [1.165, 1.54) is 0 Å². The highest BCUT2D eigenvalue weighted by Gasteiger charge is 2.28. The summed E-state index contributed by atoms with van der Waals surface area (Å²) in [6.45, 7) is 8.39. The summed E-state index contributed by atoms with van der Waals surface area (Å²) in [6.07, 6.45) is 1.25. The largest absolute Gasteiger partial charge is 0.497 e. The molecule has 5 nitrogen and oxygen atoms in total. The smallest absolute Gasteiger partial charge is 0.220 e. The van der Waals surface area contributed by atoms with Gasteiger partial charge in [-0.25, -0.2) is 0 Å². The predicted octanol–water partition coefficient (Wildman–Crippen LogP) is 1.85. The highest BCUT2D eigenvalue weighted by Crippen LogP contribution is 2.15. The SMILES string of the molecule is COc1ccc(CCC(=O)NCC(C)(C)N2CCOCC2)cc1. The zero-order valence-corrected chi connectivity index (χ0v) is 14.4. The number of rotatable bonds is 7. The van der Waals surface area contributed by atoms with Crippen molar-refractivity contribution >= 4 is 5.91 Å². The number of nitrogens with zero attached hydrogens (tertiary/aromatic N) is 1. The van der Waals surface area contributed by atoms with E-state index in [0.717, 1.165) is 44.0 Å². The minimum absolute atomic E-state index is 0.0421. The second-order valence-corrected chi connectivity index (χ2v) is 6.54. The van der Waals surface area contributed by atoms with Crippen molar-refractivity contribution in [2.45, 2.75) is 32.2 Å². The third-order valence-electron chi connectivity index (χ3n) is 4.39. The van der Waals surface area contributed by atoms with E-state index in [1.807, 2.05) is 24.3 Å². The fourth-order valence-corrected chi connectivity index (χ4v) is 2.73. The summed E-state index contributed by atoms with van der Waals surface area (Å²) in [5.41, 5.74) is 1.10.